The summed E-state index contributed by atoms with van der Waals surface area (Å²) >= 11 is 5.73. The Bertz CT molecular complexity index is 547. The topological polar surface area (TPSA) is 29.1 Å². The molecule has 1 N–H and O–H groups in total. The first-order valence-corrected chi connectivity index (χ1v) is 6.52. The summed E-state index contributed by atoms with van der Waals surface area (Å²) in [5.74, 6) is -0.590. The zero-order valence-electron chi connectivity index (χ0n) is 10.6. The molecular formula is C15H15ClFNO. The van der Waals surface area contributed by atoms with Crippen LogP contribution in [0.4, 0.5) is 4.39 Å². The summed E-state index contributed by atoms with van der Waals surface area (Å²) in [5.41, 5.74) is -0.0591. The van der Waals surface area contributed by atoms with Gasteiger partial charge in [0.05, 0.1) is 5.54 Å². The van der Waals surface area contributed by atoms with E-state index in [-0.39, 0.29) is 11.7 Å². The molecule has 19 heavy (non-hydrogen) atoms. The van der Waals surface area contributed by atoms with E-state index in [9.17, 15) is 9.18 Å². The van der Waals surface area contributed by atoms with Crippen molar-refractivity contribution in [2.75, 3.05) is 0 Å². The molecule has 0 bridgehead atoms. The molecule has 2 rings (SSSR count). The van der Waals surface area contributed by atoms with Gasteiger partial charge in [0.15, 0.2) is 0 Å². The normalized spacial score (nSPS) is 17.0. The first-order chi connectivity index (χ1) is 9.07. The van der Waals surface area contributed by atoms with Crippen LogP contribution in [-0.4, -0.2) is 5.91 Å². The first-order valence-electron chi connectivity index (χ1n) is 6.14. The number of nitrogens with one attached hydrogen (secondary N) is 1. The maximum absolute atomic E-state index is 13.9. The number of hydrogen-bond acceptors (Lipinski definition) is 1. The van der Waals surface area contributed by atoms with Crippen LogP contribution in [0.15, 0.2) is 42.5 Å². The van der Waals surface area contributed by atoms with Gasteiger partial charge in [-0.3, -0.25) is 4.79 Å². The van der Waals surface area contributed by atoms with Crippen LogP contribution in [0.2, 0.25) is 5.02 Å². The van der Waals surface area contributed by atoms with Crippen molar-refractivity contribution in [2.45, 2.75) is 25.3 Å². The van der Waals surface area contributed by atoms with E-state index < -0.39 is 5.54 Å². The third-order valence-electron chi connectivity index (χ3n) is 3.11. The van der Waals surface area contributed by atoms with Crippen molar-refractivity contribution in [3.63, 3.8) is 0 Å². The van der Waals surface area contributed by atoms with Crippen LogP contribution in [-0.2, 0) is 10.3 Å². The van der Waals surface area contributed by atoms with E-state index in [0.29, 0.717) is 10.6 Å². The van der Waals surface area contributed by atoms with Crippen molar-refractivity contribution in [1.82, 2.24) is 5.32 Å². The lowest BCUT2D eigenvalue weighted by Gasteiger charge is -2.17. The summed E-state index contributed by atoms with van der Waals surface area (Å²) in [6, 6.07) is 4.56. The molecule has 1 fully saturated rings. The van der Waals surface area contributed by atoms with E-state index in [4.69, 9.17) is 11.6 Å². The summed E-state index contributed by atoms with van der Waals surface area (Å²) < 4.78 is 13.9. The third-order valence-corrected chi connectivity index (χ3v) is 3.35. The van der Waals surface area contributed by atoms with Gasteiger partial charge in [0.2, 0.25) is 5.91 Å². The van der Waals surface area contributed by atoms with Crippen molar-refractivity contribution in [1.29, 1.82) is 0 Å². The highest BCUT2D eigenvalue weighted by Crippen LogP contribution is 2.46. The fourth-order valence-electron chi connectivity index (χ4n) is 2.00. The molecule has 1 saturated carbocycles. The Labute approximate surface area is 117 Å². The van der Waals surface area contributed by atoms with E-state index in [1.807, 2.05) is 13.0 Å². The van der Waals surface area contributed by atoms with Crippen LogP contribution in [0.5, 0.6) is 0 Å². The molecule has 0 aromatic heterocycles. The van der Waals surface area contributed by atoms with Crippen molar-refractivity contribution in [2.24, 2.45) is 0 Å². The van der Waals surface area contributed by atoms with Crippen molar-refractivity contribution in [3.8, 4) is 0 Å². The van der Waals surface area contributed by atoms with Gasteiger partial charge in [0, 0.05) is 16.7 Å². The Morgan fingerprint density at radius 3 is 2.74 bits per heavy atom. The van der Waals surface area contributed by atoms with Gasteiger partial charge in [-0.2, -0.15) is 0 Å². The fourth-order valence-corrected chi connectivity index (χ4v) is 2.15. The summed E-state index contributed by atoms with van der Waals surface area (Å²) in [4.78, 5) is 11.7. The minimum atomic E-state index is -0.563. The molecule has 1 amide bonds. The summed E-state index contributed by atoms with van der Waals surface area (Å²) in [7, 11) is 0. The Balaban J connectivity index is 2.13. The van der Waals surface area contributed by atoms with Crippen LogP contribution >= 0.6 is 11.6 Å². The molecule has 0 atom stereocenters. The lowest BCUT2D eigenvalue weighted by Crippen LogP contribution is -2.34. The smallest absolute Gasteiger partial charge is 0.244 e. The number of hydrogen-bond donors (Lipinski definition) is 1. The van der Waals surface area contributed by atoms with Crippen molar-refractivity contribution >= 4 is 17.5 Å². The Morgan fingerprint density at radius 1 is 1.42 bits per heavy atom. The minimum Gasteiger partial charge on any atom is -0.343 e. The second-order valence-electron chi connectivity index (χ2n) is 4.58. The second-order valence-corrected chi connectivity index (χ2v) is 5.02. The molecular weight excluding hydrogens is 265 g/mol. The molecule has 0 spiro atoms. The molecule has 4 heteroatoms. The SMILES string of the molecule is C/C=C/C=C/C(=O)NC1(c2ccc(Cl)cc2F)CC1. The number of amides is 1. The molecule has 2 nitrogen and oxygen atoms in total. The Morgan fingerprint density at radius 2 is 2.16 bits per heavy atom. The van der Waals surface area contributed by atoms with Gasteiger partial charge in [-0.25, -0.2) is 4.39 Å². The molecule has 0 saturated heterocycles. The maximum Gasteiger partial charge on any atom is 0.244 e. The highest BCUT2D eigenvalue weighted by molar-refractivity contribution is 6.30. The number of carbonyl (C=O) groups excluding carboxylic acids is 1. The summed E-state index contributed by atoms with van der Waals surface area (Å²) in [6.07, 6.45) is 8.18. The van der Waals surface area contributed by atoms with E-state index in [1.54, 1.807) is 24.3 Å². The van der Waals surface area contributed by atoms with Gasteiger partial charge in [-0.1, -0.05) is 35.9 Å². The molecule has 1 aliphatic rings. The molecule has 0 radical (unpaired) electrons. The predicted octanol–water partition coefficient (Wildman–Crippen LogP) is 3.72. The van der Waals surface area contributed by atoms with Gasteiger partial charge >= 0.3 is 0 Å². The number of benzene rings is 1. The van der Waals surface area contributed by atoms with Gasteiger partial charge in [0.25, 0.3) is 0 Å². The van der Waals surface area contributed by atoms with Crippen molar-refractivity contribution < 1.29 is 9.18 Å². The second kappa shape index (κ2) is 5.57. The van der Waals surface area contributed by atoms with E-state index in [2.05, 4.69) is 5.32 Å². The lowest BCUT2D eigenvalue weighted by atomic mass is 10.0. The molecule has 0 unspecified atom stereocenters. The summed E-state index contributed by atoms with van der Waals surface area (Å²) in [5, 5.41) is 3.22. The highest BCUT2D eigenvalue weighted by Gasteiger charge is 2.47. The van der Waals surface area contributed by atoms with Gasteiger partial charge in [0.1, 0.15) is 5.82 Å². The molecule has 1 aromatic rings. The third kappa shape index (κ3) is 3.24. The first kappa shape index (κ1) is 13.8. The molecule has 1 aromatic carbocycles. The van der Waals surface area contributed by atoms with Gasteiger partial charge in [-0.05, 0) is 31.9 Å². The average molecular weight is 280 g/mol. The number of allylic oxidation sites excluding steroid dienone is 3. The molecule has 1 aliphatic carbocycles. The van der Waals surface area contributed by atoms with Crippen LogP contribution in [0.1, 0.15) is 25.3 Å². The lowest BCUT2D eigenvalue weighted by molar-refractivity contribution is -0.117. The highest BCUT2D eigenvalue weighted by atomic mass is 35.5. The fraction of sp³-hybridized carbons (Fsp3) is 0.267. The Hall–Kier alpha value is -1.61. The molecule has 0 aliphatic heterocycles. The van der Waals surface area contributed by atoms with Crippen LogP contribution in [0.3, 0.4) is 0 Å². The predicted molar refractivity (Wildman–Crippen MR) is 74.4 cm³/mol. The molecule has 100 valence electrons. The average Bonchev–Trinajstić information content (AvgIpc) is 3.09. The standard InChI is InChI=1S/C15H15ClFNO/c1-2-3-4-5-14(19)18-15(8-9-15)12-7-6-11(16)10-13(12)17/h2-7,10H,8-9H2,1H3,(H,18,19)/b3-2+,5-4+. The van der Waals surface area contributed by atoms with E-state index in [1.165, 1.54) is 12.1 Å². The maximum atomic E-state index is 13.9. The zero-order chi connectivity index (χ0) is 13.9. The number of halogens is 2. The van der Waals surface area contributed by atoms with Crippen LogP contribution < -0.4 is 5.32 Å². The van der Waals surface area contributed by atoms with E-state index in [0.717, 1.165) is 12.8 Å². The van der Waals surface area contributed by atoms with Gasteiger partial charge in [-0.15, -0.1) is 0 Å². The molecule has 0 heterocycles. The Kier molecular flexibility index (Phi) is 4.05. The number of carbonyl (C=O) groups is 1. The largest absolute Gasteiger partial charge is 0.343 e. The quantitative estimate of drug-likeness (QED) is 0.660. The zero-order valence-corrected chi connectivity index (χ0v) is 11.4. The summed E-state index contributed by atoms with van der Waals surface area (Å²) in [6.45, 7) is 1.87. The minimum absolute atomic E-state index is 0.218. The van der Waals surface area contributed by atoms with Crippen LogP contribution in [0.25, 0.3) is 0 Å². The van der Waals surface area contributed by atoms with Crippen LogP contribution in [0, 0.1) is 5.82 Å². The van der Waals surface area contributed by atoms with Crippen molar-refractivity contribution in [3.05, 3.63) is 58.9 Å². The van der Waals surface area contributed by atoms with E-state index >= 15 is 0 Å². The number of rotatable bonds is 4. The monoisotopic (exact) mass is 279 g/mol. The van der Waals surface area contributed by atoms with Gasteiger partial charge < -0.3 is 5.32 Å².